The fourth-order valence-electron chi connectivity index (χ4n) is 5.78. The number of carbonyl (C=O) groups is 2. The second kappa shape index (κ2) is 39.4. The highest BCUT2D eigenvalue weighted by Gasteiger charge is 2.27. The first kappa shape index (κ1) is 54.9. The molecule has 0 saturated heterocycles. The lowest BCUT2D eigenvalue weighted by Gasteiger charge is -2.20. The van der Waals surface area contributed by atoms with Gasteiger partial charge in [-0.25, -0.2) is 4.57 Å². The summed E-state index contributed by atoms with van der Waals surface area (Å²) in [5.74, 6) is -0.247. The summed E-state index contributed by atoms with van der Waals surface area (Å²) in [5, 5.41) is 28.4. The Hall–Kier alpha value is -2.11. The summed E-state index contributed by atoms with van der Waals surface area (Å²) in [4.78, 5) is 35.0. The van der Waals surface area contributed by atoms with E-state index in [9.17, 15) is 29.3 Å². The number of unbranched alkanes of at least 4 members (excludes halogenated alkanes) is 16. The molecule has 0 heterocycles. The maximum atomic E-state index is 12.6. The maximum Gasteiger partial charge on any atom is 0.472 e. The molecule has 57 heavy (non-hydrogen) atoms. The van der Waals surface area contributed by atoms with E-state index in [2.05, 4.69) is 43.5 Å². The zero-order valence-corrected chi connectivity index (χ0v) is 36.7. The van der Waals surface area contributed by atoms with Crippen LogP contribution in [-0.2, 0) is 32.7 Å². The lowest BCUT2D eigenvalue weighted by atomic mass is 10.0. The minimum absolute atomic E-state index is 0.106. The monoisotopic (exact) mass is 829 g/mol. The summed E-state index contributed by atoms with van der Waals surface area (Å²) >= 11 is 0. The van der Waals surface area contributed by atoms with Crippen molar-refractivity contribution in [2.75, 3.05) is 26.4 Å². The van der Waals surface area contributed by atoms with Crippen molar-refractivity contribution in [3.05, 3.63) is 48.6 Å². The number of esters is 2. The molecule has 4 atom stereocenters. The van der Waals surface area contributed by atoms with Crippen LogP contribution >= 0.6 is 7.82 Å². The fourth-order valence-corrected chi connectivity index (χ4v) is 6.57. The van der Waals surface area contributed by atoms with Gasteiger partial charge in [-0.3, -0.25) is 18.6 Å². The molecule has 0 saturated carbocycles. The third kappa shape index (κ3) is 40.5. The minimum atomic E-state index is -4.65. The van der Waals surface area contributed by atoms with E-state index in [1.54, 1.807) is 12.2 Å². The van der Waals surface area contributed by atoms with Crippen LogP contribution in [0.15, 0.2) is 48.6 Å². The van der Waals surface area contributed by atoms with E-state index in [4.69, 9.17) is 19.1 Å². The van der Waals surface area contributed by atoms with Crippen molar-refractivity contribution in [3.63, 3.8) is 0 Å². The summed E-state index contributed by atoms with van der Waals surface area (Å²) < 4.78 is 32.6. The predicted octanol–water partition coefficient (Wildman–Crippen LogP) is 10.6. The average molecular weight is 829 g/mol. The topological polar surface area (TPSA) is 169 Å². The van der Waals surface area contributed by atoms with Gasteiger partial charge in [-0.1, -0.05) is 166 Å². The second-order valence-corrected chi connectivity index (χ2v) is 16.9. The van der Waals surface area contributed by atoms with Crippen LogP contribution in [-0.4, -0.2) is 76.9 Å². The molecular weight excluding hydrogens is 747 g/mol. The molecule has 0 aliphatic heterocycles. The van der Waals surface area contributed by atoms with Crippen molar-refractivity contribution >= 4 is 19.8 Å². The van der Waals surface area contributed by atoms with Crippen LogP contribution in [0.5, 0.6) is 0 Å². The van der Waals surface area contributed by atoms with Crippen molar-refractivity contribution in [3.8, 4) is 0 Å². The van der Waals surface area contributed by atoms with Crippen molar-refractivity contribution in [2.24, 2.45) is 5.92 Å². The molecule has 0 rings (SSSR count). The molecule has 4 N–H and O–H groups in total. The first-order chi connectivity index (χ1) is 27.5. The highest BCUT2D eigenvalue weighted by atomic mass is 31.2. The molecule has 0 spiro atoms. The van der Waals surface area contributed by atoms with Gasteiger partial charge in [0.05, 0.1) is 25.9 Å². The van der Waals surface area contributed by atoms with Crippen LogP contribution in [0, 0.1) is 5.92 Å². The third-order valence-corrected chi connectivity index (χ3v) is 10.2. The molecule has 0 bridgehead atoms. The summed E-state index contributed by atoms with van der Waals surface area (Å²) in [5.41, 5.74) is 0. The molecule has 0 aromatic heterocycles. The molecule has 2 unspecified atom stereocenters. The van der Waals surface area contributed by atoms with Gasteiger partial charge in [0.2, 0.25) is 0 Å². The first-order valence-electron chi connectivity index (χ1n) is 22.1. The zero-order valence-electron chi connectivity index (χ0n) is 35.8. The quantitative estimate of drug-likeness (QED) is 0.0152. The Kier molecular flexibility index (Phi) is 37.9. The number of ether oxygens (including phenoxy) is 2. The van der Waals surface area contributed by atoms with E-state index in [0.29, 0.717) is 25.7 Å². The molecular formula is C45H81O11P. The number of phosphoric acid groups is 1. The standard InChI is InChI=1S/C45H81O11P/c1-4-5-6-7-8-14-18-22-27-32-41(47)33-28-23-20-25-29-34-44(49)53-38-43(39-55-57(51,52)54-37-42(48)36-46)56-45(50)35-30-24-19-16-13-11-9-10-12-15-17-21-26-31-40(2)3/h8,14,20,22-23,27-28,33,40-43,46-48H,4-7,9-13,15-19,21,24-26,29-32,34-39H2,1-3H3,(H,51,52)/b14-8-,23-20+,27-22-,33-28-/t41?,42-,43+/m0/s1. The predicted molar refractivity (Wildman–Crippen MR) is 230 cm³/mol. The largest absolute Gasteiger partial charge is 0.472 e. The fraction of sp³-hybridized carbons (Fsp3) is 0.778. The van der Waals surface area contributed by atoms with E-state index in [-0.39, 0.29) is 19.4 Å². The van der Waals surface area contributed by atoms with Crippen LogP contribution < -0.4 is 0 Å². The highest BCUT2D eigenvalue weighted by molar-refractivity contribution is 7.47. The molecule has 332 valence electrons. The Morgan fingerprint density at radius 3 is 1.86 bits per heavy atom. The summed E-state index contributed by atoms with van der Waals surface area (Å²) in [6.45, 7) is 4.51. The Morgan fingerprint density at radius 1 is 0.649 bits per heavy atom. The van der Waals surface area contributed by atoms with Gasteiger partial charge in [-0.15, -0.1) is 0 Å². The Labute approximate surface area is 346 Å². The Balaban J connectivity index is 4.46. The van der Waals surface area contributed by atoms with Crippen LogP contribution in [0.3, 0.4) is 0 Å². The molecule has 11 nitrogen and oxygen atoms in total. The van der Waals surface area contributed by atoms with Crippen LogP contribution in [0.4, 0.5) is 0 Å². The van der Waals surface area contributed by atoms with Crippen LogP contribution in [0.1, 0.15) is 175 Å². The van der Waals surface area contributed by atoms with E-state index in [1.165, 1.54) is 83.5 Å². The van der Waals surface area contributed by atoms with Gasteiger partial charge in [0.1, 0.15) is 12.7 Å². The number of hydrogen-bond donors (Lipinski definition) is 4. The van der Waals surface area contributed by atoms with E-state index in [1.807, 2.05) is 18.2 Å². The second-order valence-electron chi connectivity index (χ2n) is 15.4. The van der Waals surface area contributed by atoms with Gasteiger partial charge >= 0.3 is 19.8 Å². The molecule has 0 aliphatic rings. The normalized spacial score (nSPS) is 14.9. The molecule has 12 heteroatoms. The molecule has 0 aromatic rings. The number of hydrogen-bond acceptors (Lipinski definition) is 10. The zero-order chi connectivity index (χ0) is 42.2. The number of allylic oxidation sites excluding steroid dienone is 6. The third-order valence-electron chi connectivity index (χ3n) is 9.24. The van der Waals surface area contributed by atoms with Crippen molar-refractivity contribution in [1.29, 1.82) is 0 Å². The van der Waals surface area contributed by atoms with E-state index in [0.717, 1.165) is 38.0 Å². The molecule has 0 amide bonds. The number of aliphatic hydroxyl groups excluding tert-OH is 3. The van der Waals surface area contributed by atoms with Crippen LogP contribution in [0.2, 0.25) is 0 Å². The Morgan fingerprint density at radius 2 is 1.23 bits per heavy atom. The number of aliphatic hydroxyl groups is 3. The average Bonchev–Trinajstić information content (AvgIpc) is 3.18. The minimum Gasteiger partial charge on any atom is -0.462 e. The van der Waals surface area contributed by atoms with E-state index < -0.39 is 57.9 Å². The van der Waals surface area contributed by atoms with Gasteiger partial charge in [-0.05, 0) is 50.9 Å². The van der Waals surface area contributed by atoms with Crippen LogP contribution in [0.25, 0.3) is 0 Å². The van der Waals surface area contributed by atoms with Crippen molar-refractivity contribution < 1.29 is 52.9 Å². The lowest BCUT2D eigenvalue weighted by Crippen LogP contribution is -2.29. The number of carbonyl (C=O) groups excluding carboxylic acids is 2. The van der Waals surface area contributed by atoms with Gasteiger partial charge < -0.3 is 29.7 Å². The number of rotatable bonds is 40. The maximum absolute atomic E-state index is 12.6. The van der Waals surface area contributed by atoms with Crippen molar-refractivity contribution in [2.45, 2.75) is 193 Å². The summed E-state index contributed by atoms with van der Waals surface area (Å²) in [6, 6.07) is 0. The molecule has 0 aliphatic carbocycles. The first-order valence-corrected chi connectivity index (χ1v) is 23.6. The van der Waals surface area contributed by atoms with Gasteiger partial charge in [0, 0.05) is 12.8 Å². The highest BCUT2D eigenvalue weighted by Crippen LogP contribution is 2.43. The summed E-state index contributed by atoms with van der Waals surface area (Å²) in [7, 11) is -4.65. The van der Waals surface area contributed by atoms with E-state index >= 15 is 0 Å². The van der Waals surface area contributed by atoms with Gasteiger partial charge in [0.25, 0.3) is 0 Å². The molecule has 0 aromatic carbocycles. The molecule has 0 fully saturated rings. The SMILES string of the molecule is CCCCC/C=C\C/C=C\CC(O)/C=C\C=C\CCCC(=O)OC[C@H](COP(=O)(O)OC[C@@H](O)CO)OC(=O)CCCCCCCCCCCCCCCC(C)C. The summed E-state index contributed by atoms with van der Waals surface area (Å²) in [6.07, 6.45) is 36.8. The Bertz CT molecular complexity index is 1120. The van der Waals surface area contributed by atoms with Crippen molar-refractivity contribution in [1.82, 2.24) is 0 Å². The lowest BCUT2D eigenvalue weighted by molar-refractivity contribution is -0.161. The van der Waals surface area contributed by atoms with Gasteiger partial charge in [-0.2, -0.15) is 0 Å². The molecule has 0 radical (unpaired) electrons. The number of phosphoric ester groups is 1. The van der Waals surface area contributed by atoms with Gasteiger partial charge in [0.15, 0.2) is 6.10 Å². The smallest absolute Gasteiger partial charge is 0.462 e.